The van der Waals surface area contributed by atoms with Crippen molar-refractivity contribution < 1.29 is 18.7 Å². The maximum Gasteiger partial charge on any atom is 0.254 e. The van der Waals surface area contributed by atoms with Gasteiger partial charge in [0.1, 0.15) is 0 Å². The van der Waals surface area contributed by atoms with Crippen molar-refractivity contribution in [3.05, 3.63) is 52.9 Å². The zero-order valence-corrected chi connectivity index (χ0v) is 12.7. The van der Waals surface area contributed by atoms with E-state index in [4.69, 9.17) is 0 Å². The number of carbonyl (C=O) groups is 1. The summed E-state index contributed by atoms with van der Waals surface area (Å²) in [4.78, 5) is 14.3. The average molecular weight is 321 g/mol. The van der Waals surface area contributed by atoms with Crippen LogP contribution in [-0.4, -0.2) is 38.3 Å². The second-order valence-corrected chi connectivity index (χ2v) is 5.69. The van der Waals surface area contributed by atoms with Crippen LogP contribution in [0.5, 0.6) is 0 Å². The summed E-state index contributed by atoms with van der Waals surface area (Å²) in [6.45, 7) is 2.22. The lowest BCUT2D eigenvalue weighted by Gasteiger charge is -2.29. The van der Waals surface area contributed by atoms with E-state index in [0.29, 0.717) is 18.5 Å². The topological polar surface area (TPSA) is 58.4 Å². The molecule has 1 atom stereocenters. The first-order chi connectivity index (χ1) is 11.0. The Morgan fingerprint density at radius 3 is 2.87 bits per heavy atom. The van der Waals surface area contributed by atoms with E-state index in [0.717, 1.165) is 17.8 Å². The van der Waals surface area contributed by atoms with Gasteiger partial charge in [-0.15, -0.1) is 0 Å². The molecule has 0 saturated heterocycles. The minimum Gasteiger partial charge on any atom is -0.394 e. The van der Waals surface area contributed by atoms with Gasteiger partial charge in [-0.3, -0.25) is 9.48 Å². The number of aliphatic hydroxyl groups is 1. The van der Waals surface area contributed by atoms with Crippen molar-refractivity contribution in [2.75, 3.05) is 6.61 Å². The molecule has 1 aliphatic rings. The fourth-order valence-corrected chi connectivity index (χ4v) is 2.89. The van der Waals surface area contributed by atoms with Crippen LogP contribution >= 0.6 is 0 Å². The van der Waals surface area contributed by atoms with Crippen LogP contribution in [0.2, 0.25) is 0 Å². The number of fused-ring (bicyclic) bond motifs is 1. The Kier molecular flexibility index (Phi) is 4.12. The lowest BCUT2D eigenvalue weighted by Crippen LogP contribution is -2.41. The SMILES string of the molecule is Cc1cc(F)c(F)cc1C(=O)N1Cc2ccnn2CC[C@@H]1CO. The summed E-state index contributed by atoms with van der Waals surface area (Å²) in [6, 6.07) is 3.34. The van der Waals surface area contributed by atoms with E-state index in [9.17, 15) is 18.7 Å². The predicted octanol–water partition coefficient (Wildman–Crippen LogP) is 1.88. The van der Waals surface area contributed by atoms with E-state index in [1.807, 2.05) is 0 Å². The number of aryl methyl sites for hydroxylation is 2. The van der Waals surface area contributed by atoms with E-state index in [1.54, 1.807) is 23.9 Å². The minimum absolute atomic E-state index is 0.107. The maximum absolute atomic E-state index is 13.5. The Morgan fingerprint density at radius 1 is 1.39 bits per heavy atom. The third-order valence-electron chi connectivity index (χ3n) is 4.22. The summed E-state index contributed by atoms with van der Waals surface area (Å²) in [6.07, 6.45) is 2.19. The van der Waals surface area contributed by atoms with Gasteiger partial charge in [0.05, 0.1) is 24.9 Å². The number of halogens is 2. The number of aliphatic hydroxyl groups excluding tert-OH is 1. The highest BCUT2D eigenvalue weighted by Crippen LogP contribution is 2.22. The number of benzene rings is 1. The molecule has 0 radical (unpaired) electrons. The van der Waals surface area contributed by atoms with Gasteiger partial charge < -0.3 is 10.0 Å². The molecule has 0 fully saturated rings. The van der Waals surface area contributed by atoms with E-state index in [-0.39, 0.29) is 18.7 Å². The smallest absolute Gasteiger partial charge is 0.254 e. The molecular weight excluding hydrogens is 304 g/mol. The molecule has 7 heteroatoms. The Hall–Kier alpha value is -2.28. The van der Waals surface area contributed by atoms with E-state index in [2.05, 4.69) is 5.10 Å². The van der Waals surface area contributed by atoms with Gasteiger partial charge in [0, 0.05) is 18.3 Å². The summed E-state index contributed by atoms with van der Waals surface area (Å²) in [5.74, 6) is -2.46. The van der Waals surface area contributed by atoms with Crippen molar-refractivity contribution in [1.82, 2.24) is 14.7 Å². The highest BCUT2D eigenvalue weighted by molar-refractivity contribution is 5.95. The molecule has 0 aliphatic carbocycles. The van der Waals surface area contributed by atoms with Gasteiger partial charge in [0.25, 0.3) is 5.91 Å². The Labute approximate surface area is 132 Å². The highest BCUT2D eigenvalue weighted by Gasteiger charge is 2.29. The van der Waals surface area contributed by atoms with E-state index < -0.39 is 23.6 Å². The predicted molar refractivity (Wildman–Crippen MR) is 78.7 cm³/mol. The van der Waals surface area contributed by atoms with Crippen LogP contribution in [0, 0.1) is 18.6 Å². The standard InChI is InChI=1S/C16H17F2N3O2/c1-10-6-14(17)15(18)7-13(10)16(23)20-8-11-2-4-19-21(11)5-3-12(20)9-22/h2,4,6-7,12,22H,3,5,8-9H2,1H3/t12-/m1/s1. The van der Waals surface area contributed by atoms with Crippen molar-refractivity contribution in [1.29, 1.82) is 0 Å². The Bertz CT molecular complexity index is 745. The molecule has 2 aromatic rings. The number of rotatable bonds is 2. The molecule has 0 unspecified atom stereocenters. The van der Waals surface area contributed by atoms with Crippen LogP contribution in [0.1, 0.15) is 28.0 Å². The first-order valence-electron chi connectivity index (χ1n) is 7.39. The largest absolute Gasteiger partial charge is 0.394 e. The average Bonchev–Trinajstić information content (AvgIpc) is 2.89. The van der Waals surface area contributed by atoms with Gasteiger partial charge in [-0.1, -0.05) is 0 Å². The van der Waals surface area contributed by atoms with Crippen molar-refractivity contribution in [2.24, 2.45) is 0 Å². The molecule has 0 bridgehead atoms. The van der Waals surface area contributed by atoms with Crippen molar-refractivity contribution in [3.63, 3.8) is 0 Å². The zero-order valence-electron chi connectivity index (χ0n) is 12.7. The Balaban J connectivity index is 1.97. The van der Waals surface area contributed by atoms with Crippen molar-refractivity contribution in [3.8, 4) is 0 Å². The van der Waals surface area contributed by atoms with Crippen LogP contribution in [-0.2, 0) is 13.1 Å². The number of aromatic nitrogens is 2. The third kappa shape index (κ3) is 2.84. The van der Waals surface area contributed by atoms with Crippen LogP contribution in [0.3, 0.4) is 0 Å². The molecule has 1 aliphatic heterocycles. The van der Waals surface area contributed by atoms with Crippen LogP contribution < -0.4 is 0 Å². The molecule has 1 aromatic heterocycles. The van der Waals surface area contributed by atoms with Gasteiger partial charge in [-0.05, 0) is 37.1 Å². The number of amides is 1. The summed E-state index contributed by atoms with van der Waals surface area (Å²) >= 11 is 0. The fraction of sp³-hybridized carbons (Fsp3) is 0.375. The molecule has 1 amide bonds. The van der Waals surface area contributed by atoms with E-state index >= 15 is 0 Å². The van der Waals surface area contributed by atoms with E-state index in [1.165, 1.54) is 4.90 Å². The number of hydrogen-bond donors (Lipinski definition) is 1. The van der Waals surface area contributed by atoms with Crippen molar-refractivity contribution in [2.45, 2.75) is 32.5 Å². The molecular formula is C16H17F2N3O2. The lowest BCUT2D eigenvalue weighted by molar-refractivity contribution is 0.0566. The summed E-state index contributed by atoms with van der Waals surface area (Å²) in [5, 5.41) is 13.8. The molecule has 1 N–H and O–H groups in total. The molecule has 122 valence electrons. The quantitative estimate of drug-likeness (QED) is 0.919. The molecule has 23 heavy (non-hydrogen) atoms. The fourth-order valence-electron chi connectivity index (χ4n) is 2.89. The normalized spacial score (nSPS) is 17.7. The summed E-state index contributed by atoms with van der Waals surface area (Å²) < 4.78 is 28.6. The van der Waals surface area contributed by atoms with Gasteiger partial charge in [-0.2, -0.15) is 5.10 Å². The van der Waals surface area contributed by atoms with Crippen LogP contribution in [0.25, 0.3) is 0 Å². The number of carbonyl (C=O) groups excluding carboxylic acids is 1. The van der Waals surface area contributed by atoms with Crippen molar-refractivity contribution >= 4 is 5.91 Å². The van der Waals surface area contributed by atoms with Gasteiger partial charge in [0.15, 0.2) is 11.6 Å². The molecule has 0 saturated carbocycles. The van der Waals surface area contributed by atoms with Crippen LogP contribution in [0.4, 0.5) is 8.78 Å². The highest BCUT2D eigenvalue weighted by atomic mass is 19.2. The zero-order chi connectivity index (χ0) is 16.6. The first-order valence-corrected chi connectivity index (χ1v) is 7.39. The lowest BCUT2D eigenvalue weighted by atomic mass is 10.0. The van der Waals surface area contributed by atoms with Crippen LogP contribution in [0.15, 0.2) is 24.4 Å². The number of nitrogens with zero attached hydrogens (tertiary/aromatic N) is 3. The second kappa shape index (κ2) is 6.08. The second-order valence-electron chi connectivity index (χ2n) is 5.69. The maximum atomic E-state index is 13.5. The van der Waals surface area contributed by atoms with Gasteiger partial charge in [-0.25, -0.2) is 8.78 Å². The summed E-state index contributed by atoms with van der Waals surface area (Å²) in [7, 11) is 0. The summed E-state index contributed by atoms with van der Waals surface area (Å²) in [5.41, 5.74) is 1.31. The third-order valence-corrected chi connectivity index (χ3v) is 4.22. The van der Waals surface area contributed by atoms with Gasteiger partial charge in [0.2, 0.25) is 0 Å². The van der Waals surface area contributed by atoms with Gasteiger partial charge >= 0.3 is 0 Å². The molecule has 5 nitrogen and oxygen atoms in total. The Morgan fingerprint density at radius 2 is 2.13 bits per heavy atom. The number of hydrogen-bond acceptors (Lipinski definition) is 3. The molecule has 2 heterocycles. The minimum atomic E-state index is -1.06. The monoisotopic (exact) mass is 321 g/mol. The molecule has 0 spiro atoms. The molecule has 1 aromatic carbocycles. The molecule has 3 rings (SSSR count). The first kappa shape index (κ1) is 15.6.